The molecule has 1 fully saturated rings. The number of benzene rings is 1. The van der Waals surface area contributed by atoms with E-state index in [-0.39, 0.29) is 23.9 Å². The molecule has 0 saturated carbocycles. The molecule has 0 spiro atoms. The van der Waals surface area contributed by atoms with E-state index in [1.165, 1.54) is 0 Å². The number of nitrogens with zero attached hydrogens (tertiary/aromatic N) is 2. The molecule has 8 heteroatoms. The molecular weight excluding hydrogens is 422 g/mol. The highest BCUT2D eigenvalue weighted by Gasteiger charge is 2.42. The topological polar surface area (TPSA) is 91.7 Å². The maximum atomic E-state index is 13.0. The normalized spacial score (nSPS) is 18.4. The van der Waals surface area contributed by atoms with E-state index < -0.39 is 0 Å². The van der Waals surface area contributed by atoms with Crippen LogP contribution < -0.4 is 5.32 Å². The van der Waals surface area contributed by atoms with Gasteiger partial charge in [-0.15, -0.1) is 0 Å². The third-order valence-electron chi connectivity index (χ3n) is 6.24. The fraction of sp³-hybridized carbons (Fsp3) is 0.560. The summed E-state index contributed by atoms with van der Waals surface area (Å²) in [5, 5.41) is 7.82. The average Bonchev–Trinajstić information content (AvgIpc) is 3.12. The van der Waals surface area contributed by atoms with Gasteiger partial charge < -0.3 is 19.5 Å². The van der Waals surface area contributed by atoms with Crippen LogP contribution in [0.4, 0.5) is 0 Å². The van der Waals surface area contributed by atoms with Gasteiger partial charge in [-0.3, -0.25) is 9.48 Å². The quantitative estimate of drug-likeness (QED) is 0.674. The van der Waals surface area contributed by atoms with Crippen molar-refractivity contribution in [2.45, 2.75) is 46.1 Å². The first-order chi connectivity index (χ1) is 16.0. The Labute approximate surface area is 194 Å². The van der Waals surface area contributed by atoms with Gasteiger partial charge in [0, 0.05) is 19.8 Å². The molecule has 0 radical (unpaired) electrons. The molecule has 2 aliphatic heterocycles. The summed E-state index contributed by atoms with van der Waals surface area (Å²) in [7, 11) is 0. The molecule has 2 aromatic rings. The summed E-state index contributed by atoms with van der Waals surface area (Å²) in [5.74, 6) is -0.411. The second-order valence-corrected chi connectivity index (χ2v) is 9.04. The largest absolute Gasteiger partial charge is 0.461 e. The van der Waals surface area contributed by atoms with Crippen molar-refractivity contribution in [1.82, 2.24) is 15.1 Å². The van der Waals surface area contributed by atoms with Crippen LogP contribution in [0.2, 0.25) is 0 Å². The van der Waals surface area contributed by atoms with Crippen LogP contribution in [-0.2, 0) is 33.6 Å². The molecule has 8 nitrogen and oxygen atoms in total. The molecule has 3 heterocycles. The van der Waals surface area contributed by atoms with E-state index in [9.17, 15) is 9.59 Å². The molecule has 4 rings (SSSR count). The van der Waals surface area contributed by atoms with E-state index in [1.807, 2.05) is 30.7 Å². The van der Waals surface area contributed by atoms with Gasteiger partial charge in [-0.1, -0.05) is 24.6 Å². The second kappa shape index (κ2) is 10.5. The van der Waals surface area contributed by atoms with Crippen LogP contribution in [-0.4, -0.2) is 61.2 Å². The van der Waals surface area contributed by atoms with E-state index in [1.54, 1.807) is 12.1 Å². The van der Waals surface area contributed by atoms with Crippen LogP contribution in [0, 0.1) is 12.3 Å². The number of carbonyl (C=O) groups is 2. The number of aromatic nitrogens is 2. The maximum absolute atomic E-state index is 13.0. The number of fused-ring (bicyclic) bond motifs is 1. The van der Waals surface area contributed by atoms with Crippen molar-refractivity contribution in [2.75, 3.05) is 39.6 Å². The summed E-state index contributed by atoms with van der Waals surface area (Å²) in [4.78, 5) is 25.5. The minimum atomic E-state index is -0.357. The summed E-state index contributed by atoms with van der Waals surface area (Å²) >= 11 is 0. The average molecular weight is 456 g/mol. The highest BCUT2D eigenvalue weighted by atomic mass is 16.5. The third kappa shape index (κ3) is 5.45. The number of nitrogens with one attached hydrogen (secondary N) is 1. The lowest BCUT2D eigenvalue weighted by atomic mass is 9.86. The van der Waals surface area contributed by atoms with Crippen molar-refractivity contribution in [3.8, 4) is 0 Å². The van der Waals surface area contributed by atoms with Crippen LogP contribution in [0.3, 0.4) is 0 Å². The number of hydrogen-bond acceptors (Lipinski definition) is 6. The Bertz CT molecular complexity index is 979. The summed E-state index contributed by atoms with van der Waals surface area (Å²) in [6.07, 6.45) is 2.99. The molecule has 33 heavy (non-hydrogen) atoms. The van der Waals surface area contributed by atoms with Gasteiger partial charge in [-0.25, -0.2) is 4.79 Å². The first-order valence-electron chi connectivity index (χ1n) is 11.8. The highest BCUT2D eigenvalue weighted by Crippen LogP contribution is 2.32. The Morgan fingerprint density at radius 3 is 2.64 bits per heavy atom. The molecular formula is C25H33N3O5. The lowest BCUT2D eigenvalue weighted by molar-refractivity contribution is -0.148. The van der Waals surface area contributed by atoms with Gasteiger partial charge >= 0.3 is 5.97 Å². The zero-order chi connectivity index (χ0) is 23.3. The molecule has 1 aromatic carbocycles. The number of ether oxygens (including phenoxy) is 3. The Morgan fingerprint density at radius 1 is 1.18 bits per heavy atom. The van der Waals surface area contributed by atoms with Gasteiger partial charge in [0.2, 0.25) is 0 Å². The summed E-state index contributed by atoms with van der Waals surface area (Å²) in [6, 6.07) is 7.35. The van der Waals surface area contributed by atoms with Crippen LogP contribution >= 0.6 is 0 Å². The predicted octanol–water partition coefficient (Wildman–Crippen LogP) is 2.71. The second-order valence-electron chi connectivity index (χ2n) is 9.04. The van der Waals surface area contributed by atoms with Gasteiger partial charge in [0.05, 0.1) is 47.7 Å². The number of carbonyl (C=O) groups excluding carboxylic acids is 2. The molecule has 1 aromatic heterocycles. The Kier molecular flexibility index (Phi) is 7.45. The van der Waals surface area contributed by atoms with E-state index in [4.69, 9.17) is 19.3 Å². The first-order valence-corrected chi connectivity index (χ1v) is 11.8. The molecule has 178 valence electrons. The van der Waals surface area contributed by atoms with Gasteiger partial charge in [0.15, 0.2) is 0 Å². The SMILES string of the molecule is CCc1nn(CC2(COC(=O)c3ccc(C)cc3)COC2)c2c1C(=O)NCCCOCCC2. The lowest BCUT2D eigenvalue weighted by Crippen LogP contribution is -2.50. The van der Waals surface area contributed by atoms with Gasteiger partial charge in [-0.05, 0) is 44.7 Å². The summed E-state index contributed by atoms with van der Waals surface area (Å²) in [5.41, 5.74) is 3.68. The van der Waals surface area contributed by atoms with Gasteiger partial charge in [0.25, 0.3) is 5.91 Å². The first kappa shape index (κ1) is 23.4. The highest BCUT2D eigenvalue weighted by molar-refractivity contribution is 5.96. The van der Waals surface area contributed by atoms with E-state index in [0.29, 0.717) is 63.5 Å². The molecule has 0 bridgehead atoms. The van der Waals surface area contributed by atoms with Crippen molar-refractivity contribution in [2.24, 2.45) is 5.41 Å². The fourth-order valence-electron chi connectivity index (χ4n) is 4.27. The lowest BCUT2D eigenvalue weighted by Gasteiger charge is -2.40. The monoisotopic (exact) mass is 455 g/mol. The minimum absolute atomic E-state index is 0.0697. The number of aryl methyl sites for hydroxylation is 2. The van der Waals surface area contributed by atoms with E-state index in [0.717, 1.165) is 29.8 Å². The van der Waals surface area contributed by atoms with E-state index >= 15 is 0 Å². The van der Waals surface area contributed by atoms with Crippen molar-refractivity contribution < 1.29 is 23.8 Å². The fourth-order valence-corrected chi connectivity index (χ4v) is 4.27. The number of rotatable bonds is 6. The number of esters is 1. The molecule has 0 unspecified atom stereocenters. The van der Waals surface area contributed by atoms with Crippen LogP contribution in [0.1, 0.15) is 57.4 Å². The van der Waals surface area contributed by atoms with Gasteiger partial charge in [0.1, 0.15) is 6.61 Å². The van der Waals surface area contributed by atoms with Gasteiger partial charge in [-0.2, -0.15) is 5.10 Å². The Morgan fingerprint density at radius 2 is 1.94 bits per heavy atom. The molecule has 2 aliphatic rings. The zero-order valence-corrected chi connectivity index (χ0v) is 19.5. The third-order valence-corrected chi connectivity index (χ3v) is 6.24. The zero-order valence-electron chi connectivity index (χ0n) is 19.5. The standard InChI is InChI=1S/C25H33N3O5/c1-3-20-22-21(6-4-12-31-13-5-11-26-23(22)29)28(27-20)14-25(15-32-16-25)17-33-24(30)19-9-7-18(2)8-10-19/h7-10H,3-6,11-17H2,1-2H3,(H,26,29). The molecule has 1 N–H and O–H groups in total. The number of amides is 1. The Hall–Kier alpha value is -2.71. The van der Waals surface area contributed by atoms with Crippen molar-refractivity contribution >= 4 is 11.9 Å². The van der Waals surface area contributed by atoms with Crippen LogP contribution in [0.15, 0.2) is 24.3 Å². The molecule has 0 atom stereocenters. The van der Waals surface area contributed by atoms with Crippen molar-refractivity contribution in [3.05, 3.63) is 52.3 Å². The smallest absolute Gasteiger partial charge is 0.338 e. The molecule has 1 saturated heterocycles. The predicted molar refractivity (Wildman–Crippen MR) is 122 cm³/mol. The minimum Gasteiger partial charge on any atom is -0.461 e. The number of hydrogen-bond donors (Lipinski definition) is 1. The maximum Gasteiger partial charge on any atom is 0.338 e. The summed E-state index contributed by atoms with van der Waals surface area (Å²) < 4.78 is 18.8. The van der Waals surface area contributed by atoms with Crippen LogP contribution in [0.25, 0.3) is 0 Å². The Balaban J connectivity index is 1.53. The molecule has 0 aliphatic carbocycles. The van der Waals surface area contributed by atoms with Crippen molar-refractivity contribution in [1.29, 1.82) is 0 Å². The van der Waals surface area contributed by atoms with Crippen LogP contribution in [0.5, 0.6) is 0 Å². The summed E-state index contributed by atoms with van der Waals surface area (Å²) in [6.45, 7) is 7.63. The van der Waals surface area contributed by atoms with Crippen molar-refractivity contribution in [3.63, 3.8) is 0 Å². The van der Waals surface area contributed by atoms with E-state index in [2.05, 4.69) is 5.32 Å². The molecule has 1 amide bonds.